The summed E-state index contributed by atoms with van der Waals surface area (Å²) in [5.74, 6) is -2.93. The van der Waals surface area contributed by atoms with Crippen LogP contribution in [-0.4, -0.2) is 72.1 Å². The van der Waals surface area contributed by atoms with Crippen LogP contribution in [-0.2, 0) is 14.6 Å². The number of rotatable bonds is 5. The molecule has 1 spiro atoms. The molecule has 2 aromatic heterocycles. The lowest BCUT2D eigenvalue weighted by Gasteiger charge is -2.60. The third-order valence-electron chi connectivity index (χ3n) is 8.89. The van der Waals surface area contributed by atoms with Crippen LogP contribution < -0.4 is 10.5 Å². The molecule has 0 bridgehead atoms. The van der Waals surface area contributed by atoms with Crippen LogP contribution in [0.15, 0.2) is 46.2 Å². The maximum absolute atomic E-state index is 17.3. The second kappa shape index (κ2) is 11.7. The van der Waals surface area contributed by atoms with Gasteiger partial charge in [0.25, 0.3) is 5.56 Å². The lowest BCUT2D eigenvalue weighted by atomic mass is 9.72. The van der Waals surface area contributed by atoms with E-state index < -0.39 is 65.9 Å². The van der Waals surface area contributed by atoms with Crippen LogP contribution in [0.5, 0.6) is 5.75 Å². The van der Waals surface area contributed by atoms with Gasteiger partial charge in [-0.2, -0.15) is 0 Å². The molecule has 49 heavy (non-hydrogen) atoms. The van der Waals surface area contributed by atoms with Gasteiger partial charge in [-0.05, 0) is 63.4 Å². The summed E-state index contributed by atoms with van der Waals surface area (Å²) in [5.41, 5.74) is -2.39. The number of sulfone groups is 1. The number of hydrogen-bond donors (Lipinski definition) is 1. The second-order valence-electron chi connectivity index (χ2n) is 14.4. The molecule has 0 unspecified atom stereocenters. The van der Waals surface area contributed by atoms with Crippen molar-refractivity contribution in [1.82, 2.24) is 14.5 Å². The molecule has 260 valence electrons. The smallest absolute Gasteiger partial charge is 0.410 e. The summed E-state index contributed by atoms with van der Waals surface area (Å²) in [7, 11) is -4.27. The number of aromatic hydroxyl groups is 1. The zero-order chi connectivity index (χ0) is 36.0. The summed E-state index contributed by atoms with van der Waals surface area (Å²) in [6, 6.07) is 6.41. The number of ether oxygens (including phenoxy) is 1. The average molecular weight is 715 g/mol. The van der Waals surface area contributed by atoms with Gasteiger partial charge in [0.2, 0.25) is 0 Å². The topological polar surface area (TPSA) is 122 Å². The molecule has 6 rings (SSSR count). The number of fused-ring (bicyclic) bond motifs is 1. The number of anilines is 1. The lowest BCUT2D eigenvalue weighted by Crippen LogP contribution is -2.73. The van der Waals surface area contributed by atoms with E-state index in [-0.39, 0.29) is 46.3 Å². The van der Waals surface area contributed by atoms with Crippen LogP contribution in [0, 0.1) is 24.0 Å². The van der Waals surface area contributed by atoms with E-state index in [9.17, 15) is 23.1 Å². The molecule has 0 saturated carbocycles. The van der Waals surface area contributed by atoms with Gasteiger partial charge in [-0.1, -0.05) is 31.5 Å². The minimum absolute atomic E-state index is 0.00163. The van der Waals surface area contributed by atoms with Gasteiger partial charge in [-0.3, -0.25) is 14.3 Å². The number of phenolic OH excluding ortho intramolecular Hbond substituents is 1. The molecule has 2 fully saturated rings. The van der Waals surface area contributed by atoms with E-state index in [1.165, 1.54) is 18.2 Å². The molecule has 1 N–H and O–H groups in total. The van der Waals surface area contributed by atoms with Crippen LogP contribution in [0.25, 0.3) is 27.7 Å². The first-order chi connectivity index (χ1) is 22.7. The Bertz CT molecular complexity index is 2200. The number of amides is 1. The molecular formula is C35H37ClF2N4O6S. The fourth-order valence-corrected chi connectivity index (χ4v) is 8.20. The molecule has 2 saturated heterocycles. The summed E-state index contributed by atoms with van der Waals surface area (Å²) in [4.78, 5) is 34.5. The van der Waals surface area contributed by atoms with Crippen LogP contribution in [0.2, 0.25) is 5.02 Å². The van der Waals surface area contributed by atoms with Gasteiger partial charge >= 0.3 is 6.09 Å². The Morgan fingerprint density at radius 3 is 2.31 bits per heavy atom. The van der Waals surface area contributed by atoms with Gasteiger partial charge in [0.15, 0.2) is 20.5 Å². The van der Waals surface area contributed by atoms with E-state index in [1.807, 2.05) is 13.8 Å². The van der Waals surface area contributed by atoms with Gasteiger partial charge in [0.05, 0.1) is 33.2 Å². The SMILES string of the molecule is Cc1ccnc(C(C)C)c1-n1c(=O)c(S(C)(=O)=O)c(N2CC3(CN(C(=O)OC(C)(C)C)C3)C2)c2cc(Cl)c(-c3c(O)cccc3F)c(F)c21. The Labute approximate surface area is 287 Å². The molecule has 4 heterocycles. The molecule has 0 radical (unpaired) electrons. The largest absolute Gasteiger partial charge is 0.507 e. The maximum Gasteiger partial charge on any atom is 0.410 e. The third-order valence-corrected chi connectivity index (χ3v) is 10.3. The van der Waals surface area contributed by atoms with Gasteiger partial charge in [0.1, 0.15) is 17.2 Å². The molecule has 10 nitrogen and oxygen atoms in total. The summed E-state index contributed by atoms with van der Waals surface area (Å²) in [6.07, 6.45) is 1.99. The van der Waals surface area contributed by atoms with E-state index in [0.29, 0.717) is 24.3 Å². The number of hydrogen-bond acceptors (Lipinski definition) is 8. The monoisotopic (exact) mass is 714 g/mol. The van der Waals surface area contributed by atoms with Crippen molar-refractivity contribution in [3.05, 3.63) is 74.8 Å². The number of halogens is 3. The second-order valence-corrected chi connectivity index (χ2v) is 16.7. The number of carbonyl (C=O) groups is 1. The van der Waals surface area contributed by atoms with Crippen LogP contribution >= 0.6 is 11.6 Å². The van der Waals surface area contributed by atoms with Crippen molar-refractivity contribution in [3.8, 4) is 22.6 Å². The van der Waals surface area contributed by atoms with E-state index in [0.717, 1.165) is 16.9 Å². The summed E-state index contributed by atoms with van der Waals surface area (Å²) in [5, 5.41) is 10.3. The minimum Gasteiger partial charge on any atom is -0.507 e. The molecule has 2 aliphatic rings. The van der Waals surface area contributed by atoms with E-state index in [1.54, 1.807) is 49.8 Å². The molecule has 4 aromatic rings. The Morgan fingerprint density at radius 1 is 1.08 bits per heavy atom. The number of carbonyl (C=O) groups excluding carboxylic acids is 1. The van der Waals surface area contributed by atoms with Crippen LogP contribution in [0.1, 0.15) is 51.8 Å². The highest BCUT2D eigenvalue weighted by molar-refractivity contribution is 7.90. The van der Waals surface area contributed by atoms with Gasteiger partial charge < -0.3 is 19.6 Å². The van der Waals surface area contributed by atoms with Crippen LogP contribution in [0.4, 0.5) is 19.3 Å². The average Bonchev–Trinajstić information content (AvgIpc) is 2.92. The van der Waals surface area contributed by atoms with Crippen molar-refractivity contribution in [2.45, 2.75) is 58.0 Å². The number of pyridine rings is 2. The fourth-order valence-electron chi connectivity index (χ4n) is 6.91. The Morgan fingerprint density at radius 2 is 1.73 bits per heavy atom. The first-order valence-corrected chi connectivity index (χ1v) is 18.0. The number of nitrogens with zero attached hydrogens (tertiary/aromatic N) is 4. The highest BCUT2D eigenvalue weighted by Gasteiger charge is 2.55. The van der Waals surface area contributed by atoms with Crippen LogP contribution in [0.3, 0.4) is 0 Å². The summed E-state index contributed by atoms with van der Waals surface area (Å²) < 4.78 is 66.2. The fraction of sp³-hybridized carbons (Fsp3) is 0.400. The number of aryl methyl sites for hydroxylation is 1. The zero-order valence-corrected chi connectivity index (χ0v) is 29.8. The molecule has 2 aliphatic heterocycles. The van der Waals surface area contributed by atoms with Crippen molar-refractivity contribution in [2.75, 3.05) is 37.3 Å². The Kier molecular flexibility index (Phi) is 8.26. The normalized spacial score (nSPS) is 15.9. The first kappa shape index (κ1) is 34.6. The number of benzene rings is 2. The Hall–Kier alpha value is -4.23. The molecule has 2 aromatic carbocycles. The minimum atomic E-state index is -4.27. The predicted octanol–water partition coefficient (Wildman–Crippen LogP) is 6.58. The van der Waals surface area contributed by atoms with Gasteiger partial charge in [-0.25, -0.2) is 22.0 Å². The quantitative estimate of drug-likeness (QED) is 0.246. The summed E-state index contributed by atoms with van der Waals surface area (Å²) in [6.45, 7) is 11.9. The molecule has 0 aliphatic carbocycles. The number of phenols is 1. The van der Waals surface area contributed by atoms with E-state index in [4.69, 9.17) is 16.3 Å². The summed E-state index contributed by atoms with van der Waals surface area (Å²) >= 11 is 6.70. The zero-order valence-electron chi connectivity index (χ0n) is 28.2. The number of likely N-dealkylation sites (tertiary alicyclic amines) is 1. The number of aromatic nitrogens is 2. The van der Waals surface area contributed by atoms with E-state index >= 15 is 8.78 Å². The maximum atomic E-state index is 17.3. The first-order valence-electron chi connectivity index (χ1n) is 15.7. The molecule has 14 heteroatoms. The van der Waals surface area contributed by atoms with Crippen molar-refractivity contribution in [2.24, 2.45) is 5.41 Å². The molecular weight excluding hydrogens is 678 g/mol. The van der Waals surface area contributed by atoms with Crippen molar-refractivity contribution < 1.29 is 31.8 Å². The van der Waals surface area contributed by atoms with Crippen molar-refractivity contribution in [1.29, 1.82) is 0 Å². The van der Waals surface area contributed by atoms with Gasteiger partial charge in [-0.15, -0.1) is 0 Å². The van der Waals surface area contributed by atoms with E-state index in [2.05, 4.69) is 4.98 Å². The lowest BCUT2D eigenvalue weighted by molar-refractivity contribution is -0.0453. The predicted molar refractivity (Wildman–Crippen MR) is 184 cm³/mol. The van der Waals surface area contributed by atoms with Crippen molar-refractivity contribution >= 4 is 44.1 Å². The molecule has 0 atom stereocenters. The van der Waals surface area contributed by atoms with Crippen molar-refractivity contribution in [3.63, 3.8) is 0 Å². The Balaban J connectivity index is 1.64. The highest BCUT2D eigenvalue weighted by Crippen LogP contribution is 2.49. The third kappa shape index (κ3) is 5.80. The van der Waals surface area contributed by atoms with Gasteiger partial charge in [0, 0.05) is 55.0 Å². The standard InChI is InChI=1S/C35H37ClF2N4O6S/c1-18(2)27-28(19(3)11-12-39-27)42-29-20(13-21(36)24(26(29)38)25-22(37)9-8-10-23(25)43)30(31(32(42)44)49(7,46)47)40-14-35(15-40)16-41(17-35)33(45)48-34(4,5)6/h8-13,18,43H,14-17H2,1-7H3. The molecule has 1 amide bonds. The highest BCUT2D eigenvalue weighted by atomic mass is 35.5.